The van der Waals surface area contributed by atoms with Crippen molar-refractivity contribution in [2.24, 2.45) is 11.1 Å². The number of amides is 2. The number of allylic oxidation sites excluding steroid dienone is 1. The first-order valence-corrected chi connectivity index (χ1v) is 8.12. The minimum atomic E-state index is -0.543. The van der Waals surface area contributed by atoms with Gasteiger partial charge in [0.2, 0.25) is 5.91 Å². The van der Waals surface area contributed by atoms with Gasteiger partial charge in [0.1, 0.15) is 5.56 Å². The molecule has 0 radical (unpaired) electrons. The van der Waals surface area contributed by atoms with Gasteiger partial charge in [-0.05, 0) is 13.3 Å². The highest BCUT2D eigenvalue weighted by Crippen LogP contribution is 2.36. The minimum Gasteiger partial charge on any atom is -0.365 e. The molecule has 1 aliphatic heterocycles. The first-order valence-electron chi connectivity index (χ1n) is 8.12. The number of hydrogen-bond acceptors (Lipinski definition) is 4. The molecule has 132 valence electrons. The van der Waals surface area contributed by atoms with E-state index in [-0.39, 0.29) is 11.4 Å². The lowest BCUT2D eigenvalue weighted by atomic mass is 9.83. The van der Waals surface area contributed by atoms with Gasteiger partial charge in [0.05, 0.1) is 5.54 Å². The Morgan fingerprint density at radius 2 is 2.00 bits per heavy atom. The van der Waals surface area contributed by atoms with Crippen molar-refractivity contribution >= 4 is 17.6 Å². The molecule has 3 N–H and O–H groups in total. The summed E-state index contributed by atoms with van der Waals surface area (Å²) in [7, 11) is 0. The predicted octanol–water partition coefficient (Wildman–Crippen LogP) is 1.92. The SMILES string of the molecule is C=C(C)Nc1nn(C2(CC)CN(C(=O)C(C)(C)C)C2)cc1C(N)=O. The Bertz CT molecular complexity index is 678. The molecule has 0 saturated carbocycles. The summed E-state index contributed by atoms with van der Waals surface area (Å²) in [6.45, 7) is 14.5. The summed E-state index contributed by atoms with van der Waals surface area (Å²) < 4.78 is 1.77. The molecule has 0 unspecified atom stereocenters. The number of carbonyl (C=O) groups is 2. The predicted molar refractivity (Wildman–Crippen MR) is 93.5 cm³/mol. The summed E-state index contributed by atoms with van der Waals surface area (Å²) in [5.41, 5.74) is 5.74. The standard InChI is InChI=1S/C17H27N5O2/c1-7-17(9-21(10-17)15(24)16(4,5)6)22-8-12(13(18)23)14(20-22)19-11(2)3/h8H,2,7,9-10H2,1,3-6H3,(H2,18,23)(H,19,20). The van der Waals surface area contributed by atoms with Gasteiger partial charge in [0.15, 0.2) is 5.82 Å². The number of aromatic nitrogens is 2. The van der Waals surface area contributed by atoms with Gasteiger partial charge < -0.3 is 16.0 Å². The third-order valence-corrected chi connectivity index (χ3v) is 4.35. The molecule has 24 heavy (non-hydrogen) atoms. The summed E-state index contributed by atoms with van der Waals surface area (Å²) in [6.07, 6.45) is 2.46. The minimum absolute atomic E-state index is 0.120. The smallest absolute Gasteiger partial charge is 0.254 e. The Kier molecular flexibility index (Phi) is 4.48. The Morgan fingerprint density at radius 3 is 2.42 bits per heavy atom. The molecule has 1 aromatic rings. The second-order valence-corrected chi connectivity index (χ2v) is 7.59. The van der Waals surface area contributed by atoms with Crippen LogP contribution in [0, 0.1) is 5.41 Å². The van der Waals surface area contributed by atoms with Gasteiger partial charge in [0, 0.05) is 30.4 Å². The average molecular weight is 333 g/mol. The zero-order valence-corrected chi connectivity index (χ0v) is 15.1. The maximum atomic E-state index is 12.4. The van der Waals surface area contributed by atoms with Crippen molar-refractivity contribution in [2.45, 2.75) is 46.6 Å². The number of carbonyl (C=O) groups excluding carboxylic acids is 2. The normalized spacial score (nSPS) is 16.5. The number of nitrogens with zero attached hydrogens (tertiary/aromatic N) is 3. The van der Waals surface area contributed by atoms with Crippen molar-refractivity contribution in [1.82, 2.24) is 14.7 Å². The van der Waals surface area contributed by atoms with Crippen LogP contribution in [0.2, 0.25) is 0 Å². The van der Waals surface area contributed by atoms with E-state index < -0.39 is 11.3 Å². The molecule has 1 fully saturated rings. The Hall–Kier alpha value is -2.31. The first kappa shape index (κ1) is 18.0. The van der Waals surface area contributed by atoms with Crippen LogP contribution in [-0.4, -0.2) is 39.6 Å². The van der Waals surface area contributed by atoms with E-state index in [0.717, 1.165) is 6.42 Å². The summed E-state index contributed by atoms with van der Waals surface area (Å²) in [6, 6.07) is 0. The third kappa shape index (κ3) is 3.16. The van der Waals surface area contributed by atoms with Gasteiger partial charge in [-0.2, -0.15) is 5.10 Å². The van der Waals surface area contributed by atoms with E-state index in [9.17, 15) is 9.59 Å². The van der Waals surface area contributed by atoms with Gasteiger partial charge in [0.25, 0.3) is 5.91 Å². The van der Waals surface area contributed by atoms with Crippen LogP contribution < -0.4 is 11.1 Å². The maximum Gasteiger partial charge on any atom is 0.254 e. The highest BCUT2D eigenvalue weighted by atomic mass is 16.2. The third-order valence-electron chi connectivity index (χ3n) is 4.35. The summed E-state index contributed by atoms with van der Waals surface area (Å²) in [5.74, 6) is -0.0178. The number of primary amides is 1. The van der Waals surface area contributed by atoms with E-state index in [2.05, 4.69) is 23.9 Å². The highest BCUT2D eigenvalue weighted by Gasteiger charge is 2.48. The van der Waals surface area contributed by atoms with Gasteiger partial charge in [-0.1, -0.05) is 34.3 Å². The van der Waals surface area contributed by atoms with Crippen LogP contribution in [0.3, 0.4) is 0 Å². The fourth-order valence-corrected chi connectivity index (χ4v) is 2.90. The molecule has 0 spiro atoms. The quantitative estimate of drug-likeness (QED) is 0.861. The molecular weight excluding hydrogens is 306 g/mol. The van der Waals surface area contributed by atoms with E-state index in [1.165, 1.54) is 0 Å². The number of likely N-dealkylation sites (tertiary alicyclic amines) is 1. The first-order chi connectivity index (χ1) is 11.0. The zero-order chi connectivity index (χ0) is 18.3. The monoisotopic (exact) mass is 333 g/mol. The van der Waals surface area contributed by atoms with Crippen LogP contribution >= 0.6 is 0 Å². The number of rotatable bonds is 5. The summed E-state index contributed by atoms with van der Waals surface area (Å²) in [4.78, 5) is 25.9. The van der Waals surface area contributed by atoms with E-state index in [1.54, 1.807) is 17.8 Å². The molecule has 1 saturated heterocycles. The van der Waals surface area contributed by atoms with Crippen LogP contribution in [0.5, 0.6) is 0 Å². The van der Waals surface area contributed by atoms with Crippen LogP contribution in [0.4, 0.5) is 5.82 Å². The van der Waals surface area contributed by atoms with Crippen molar-refractivity contribution in [3.63, 3.8) is 0 Å². The van der Waals surface area contributed by atoms with Crippen molar-refractivity contribution in [1.29, 1.82) is 0 Å². The molecule has 0 aromatic carbocycles. The molecule has 0 atom stereocenters. The molecule has 1 aliphatic rings. The average Bonchev–Trinajstić information content (AvgIpc) is 2.80. The Balaban J connectivity index is 2.28. The van der Waals surface area contributed by atoms with Crippen molar-refractivity contribution in [3.8, 4) is 0 Å². The lowest BCUT2D eigenvalue weighted by Crippen LogP contribution is -2.65. The van der Waals surface area contributed by atoms with Crippen LogP contribution in [0.15, 0.2) is 18.5 Å². The lowest BCUT2D eigenvalue weighted by Gasteiger charge is -2.51. The zero-order valence-electron chi connectivity index (χ0n) is 15.1. The van der Waals surface area contributed by atoms with Crippen molar-refractivity contribution in [2.75, 3.05) is 18.4 Å². The number of hydrogen-bond donors (Lipinski definition) is 2. The van der Waals surface area contributed by atoms with Gasteiger partial charge in [-0.15, -0.1) is 0 Å². The molecule has 0 aliphatic carbocycles. The van der Waals surface area contributed by atoms with E-state index in [4.69, 9.17) is 5.73 Å². The molecule has 7 heteroatoms. The summed E-state index contributed by atoms with van der Waals surface area (Å²) in [5, 5.41) is 7.47. The van der Waals surface area contributed by atoms with Crippen molar-refractivity contribution in [3.05, 3.63) is 24.0 Å². The highest BCUT2D eigenvalue weighted by molar-refractivity contribution is 5.97. The number of nitrogens with two attached hydrogens (primary N) is 1. The largest absolute Gasteiger partial charge is 0.365 e. The Labute approximate surface area is 142 Å². The molecule has 2 amide bonds. The summed E-state index contributed by atoms with van der Waals surface area (Å²) >= 11 is 0. The molecular formula is C17H27N5O2. The van der Waals surface area contributed by atoms with E-state index >= 15 is 0 Å². The number of nitrogens with one attached hydrogen (secondary N) is 1. The topological polar surface area (TPSA) is 93.2 Å². The fraction of sp³-hybridized carbons (Fsp3) is 0.588. The molecule has 2 rings (SSSR count). The van der Waals surface area contributed by atoms with Gasteiger partial charge in [-0.3, -0.25) is 14.3 Å². The second kappa shape index (κ2) is 5.96. The van der Waals surface area contributed by atoms with Gasteiger partial charge in [-0.25, -0.2) is 0 Å². The second-order valence-electron chi connectivity index (χ2n) is 7.59. The lowest BCUT2D eigenvalue weighted by molar-refractivity contribution is -0.151. The van der Waals surface area contributed by atoms with Crippen LogP contribution in [0.1, 0.15) is 51.4 Å². The van der Waals surface area contributed by atoms with E-state index in [0.29, 0.717) is 30.2 Å². The molecule has 0 bridgehead atoms. The number of anilines is 1. The molecule has 7 nitrogen and oxygen atoms in total. The Morgan fingerprint density at radius 1 is 1.42 bits per heavy atom. The maximum absolute atomic E-state index is 12.4. The van der Waals surface area contributed by atoms with Crippen LogP contribution in [0.25, 0.3) is 0 Å². The van der Waals surface area contributed by atoms with E-state index in [1.807, 2.05) is 25.7 Å². The van der Waals surface area contributed by atoms with Gasteiger partial charge >= 0.3 is 0 Å². The van der Waals surface area contributed by atoms with Crippen LogP contribution in [-0.2, 0) is 10.3 Å². The van der Waals surface area contributed by atoms with Crippen molar-refractivity contribution < 1.29 is 9.59 Å². The molecule has 2 heterocycles. The molecule has 1 aromatic heterocycles. The fourth-order valence-electron chi connectivity index (χ4n) is 2.90.